The molecule has 0 radical (unpaired) electrons. The predicted molar refractivity (Wildman–Crippen MR) is 194 cm³/mol. The number of benzene rings is 1. The molecule has 4 fully saturated rings. The highest BCUT2D eigenvalue weighted by atomic mass is 32.1. The first kappa shape index (κ1) is 43.3. The van der Waals surface area contributed by atoms with Crippen molar-refractivity contribution in [2.45, 2.75) is 111 Å². The molecule has 244 valence electrons. The highest BCUT2D eigenvalue weighted by Gasteiger charge is 2.64. The molecule has 0 bridgehead atoms. The van der Waals surface area contributed by atoms with Gasteiger partial charge < -0.3 is 24.6 Å². The molecule has 6 rings (SSSR count). The number of ether oxygens (including phenoxy) is 2. The number of aliphatic hydroxyl groups is 2. The van der Waals surface area contributed by atoms with Gasteiger partial charge in [0, 0.05) is 44.0 Å². The van der Waals surface area contributed by atoms with E-state index in [1.54, 1.807) is 0 Å². The molecule has 1 aromatic carbocycles. The van der Waals surface area contributed by atoms with Gasteiger partial charge in [0.2, 0.25) is 0 Å². The minimum atomic E-state index is -1.08. The van der Waals surface area contributed by atoms with Crippen LogP contribution in [0.2, 0.25) is 0 Å². The largest absolute Gasteiger partial charge is 0.385 e. The Bertz CT molecular complexity index is 1100. The minimum Gasteiger partial charge on any atom is -0.385 e. The second-order valence-electron chi connectivity index (χ2n) is 12.2. The van der Waals surface area contributed by atoms with Crippen LogP contribution in [-0.4, -0.2) is 54.5 Å². The van der Waals surface area contributed by atoms with Crippen LogP contribution in [0, 0.1) is 29.6 Å². The second kappa shape index (κ2) is 15.0. The summed E-state index contributed by atoms with van der Waals surface area (Å²) in [6.07, 6.45) is 12.1. The lowest BCUT2D eigenvalue weighted by atomic mass is 9.49. The molecule has 1 aliphatic heterocycles. The molecular formula is C34H61NO4S3. The normalized spacial score (nSPS) is 34.8. The smallest absolute Gasteiger partial charge is 0.171 e. The van der Waals surface area contributed by atoms with Crippen LogP contribution in [0.4, 0.5) is 5.69 Å². The molecule has 6 atom stereocenters. The van der Waals surface area contributed by atoms with Gasteiger partial charge in [-0.05, 0) is 73.6 Å². The maximum atomic E-state index is 12.1. The molecule has 1 saturated heterocycles. The van der Waals surface area contributed by atoms with Gasteiger partial charge in [-0.25, -0.2) is 0 Å². The van der Waals surface area contributed by atoms with Gasteiger partial charge in [-0.15, -0.1) is 6.42 Å². The van der Waals surface area contributed by atoms with Gasteiger partial charge in [-0.2, -0.15) is 40.5 Å². The lowest BCUT2D eigenvalue weighted by molar-refractivity contribution is -0.208. The molecule has 1 aromatic rings. The van der Waals surface area contributed by atoms with Crippen molar-refractivity contribution in [2.75, 3.05) is 32.2 Å². The van der Waals surface area contributed by atoms with Crippen molar-refractivity contribution in [1.82, 2.24) is 0 Å². The zero-order chi connectivity index (χ0) is 24.6. The Morgan fingerprint density at radius 1 is 0.905 bits per heavy atom. The van der Waals surface area contributed by atoms with E-state index in [0.29, 0.717) is 37.9 Å². The predicted octanol–water partition coefficient (Wildman–Crippen LogP) is 7.27. The molecule has 0 aromatic heterocycles. The van der Waals surface area contributed by atoms with E-state index in [1.165, 1.54) is 22.4 Å². The van der Waals surface area contributed by atoms with Gasteiger partial charge in [0.15, 0.2) is 5.79 Å². The fourth-order valence-corrected chi connectivity index (χ4v) is 8.56. The van der Waals surface area contributed by atoms with E-state index in [1.807, 2.05) is 0 Å². The molecule has 0 unspecified atom stereocenters. The Kier molecular flexibility index (Phi) is 15.5. The van der Waals surface area contributed by atoms with Crippen molar-refractivity contribution in [1.29, 1.82) is 0 Å². The SMILES string of the molecule is C.C.C.C.C#C[C@]1(O)CC[C@H]2[C@@H]3CC[C@@]4(O)CC5(CCC4=C3[C@@H](c3ccc(N(C)C)cc3)C[C@@]21C)OCCO5.S.S.S. The molecule has 3 saturated carbocycles. The summed E-state index contributed by atoms with van der Waals surface area (Å²) in [5.74, 6) is 3.00. The minimum absolute atomic E-state index is 0. The molecule has 5 nitrogen and oxygen atoms in total. The third kappa shape index (κ3) is 6.32. The number of anilines is 1. The molecule has 1 spiro atoms. The monoisotopic (exact) mass is 643 g/mol. The van der Waals surface area contributed by atoms with Crippen molar-refractivity contribution >= 4 is 46.2 Å². The summed E-state index contributed by atoms with van der Waals surface area (Å²) in [6.45, 7) is 3.44. The van der Waals surface area contributed by atoms with Crippen molar-refractivity contribution in [3.8, 4) is 12.3 Å². The van der Waals surface area contributed by atoms with Gasteiger partial charge in [0.25, 0.3) is 0 Å². The lowest BCUT2D eigenvalue weighted by Crippen LogP contribution is -2.55. The van der Waals surface area contributed by atoms with Gasteiger partial charge in [-0.3, -0.25) is 0 Å². The summed E-state index contributed by atoms with van der Waals surface area (Å²) in [5, 5.41) is 23.7. The Morgan fingerprint density at radius 3 is 2.05 bits per heavy atom. The summed E-state index contributed by atoms with van der Waals surface area (Å²) in [7, 11) is 4.11. The van der Waals surface area contributed by atoms with Crippen LogP contribution in [0.1, 0.15) is 99.5 Å². The number of hydrogen-bond donors (Lipinski definition) is 2. The van der Waals surface area contributed by atoms with Gasteiger partial charge in [0.1, 0.15) is 5.60 Å². The van der Waals surface area contributed by atoms with Crippen LogP contribution in [0.25, 0.3) is 0 Å². The third-order valence-electron chi connectivity index (χ3n) is 10.4. The molecule has 42 heavy (non-hydrogen) atoms. The quantitative estimate of drug-likeness (QED) is 0.262. The van der Waals surface area contributed by atoms with Crippen molar-refractivity contribution in [3.05, 3.63) is 41.0 Å². The average Bonchev–Trinajstić information content (AvgIpc) is 3.39. The first-order valence-corrected chi connectivity index (χ1v) is 13.3. The van der Waals surface area contributed by atoms with E-state index in [2.05, 4.69) is 56.1 Å². The lowest BCUT2D eigenvalue weighted by Gasteiger charge is -2.57. The molecule has 8 heteroatoms. The zero-order valence-electron chi connectivity index (χ0n) is 22.8. The Labute approximate surface area is 278 Å². The van der Waals surface area contributed by atoms with E-state index in [0.717, 1.165) is 38.5 Å². The number of nitrogens with zero attached hydrogens (tertiary/aromatic N) is 1. The summed E-state index contributed by atoms with van der Waals surface area (Å²) >= 11 is 0. The number of terminal acetylenes is 1. The Morgan fingerprint density at radius 2 is 1.50 bits per heavy atom. The number of hydrogen-bond acceptors (Lipinski definition) is 5. The van der Waals surface area contributed by atoms with E-state index in [-0.39, 0.29) is 81.5 Å². The molecule has 5 aliphatic rings. The van der Waals surface area contributed by atoms with Crippen LogP contribution in [0.3, 0.4) is 0 Å². The van der Waals surface area contributed by atoms with Crippen LogP contribution < -0.4 is 4.90 Å². The fraction of sp³-hybridized carbons (Fsp3) is 0.706. The van der Waals surface area contributed by atoms with Crippen LogP contribution in [0.5, 0.6) is 0 Å². The van der Waals surface area contributed by atoms with Crippen LogP contribution in [-0.2, 0) is 9.47 Å². The number of fused-ring (bicyclic) bond motifs is 4. The molecule has 0 amide bonds. The fourth-order valence-electron chi connectivity index (χ4n) is 8.56. The summed E-state index contributed by atoms with van der Waals surface area (Å²) in [6, 6.07) is 8.83. The highest BCUT2D eigenvalue weighted by molar-refractivity contribution is 7.59. The van der Waals surface area contributed by atoms with Gasteiger partial charge >= 0.3 is 0 Å². The topological polar surface area (TPSA) is 62.2 Å². The van der Waals surface area contributed by atoms with E-state index >= 15 is 0 Å². The van der Waals surface area contributed by atoms with Crippen molar-refractivity contribution in [2.24, 2.45) is 17.3 Å². The van der Waals surface area contributed by atoms with E-state index in [9.17, 15) is 10.2 Å². The standard InChI is InChI=1S/C30H39NO4.4CH4.3H2S/c1-5-29(33)14-11-24-22-10-13-28(32)19-30(34-16-17-35-30)15-12-25(28)26(22)23(18-27(24,29)2)20-6-8-21(9-7-20)31(3)4;;;;;;;/h1,6-9,22-24,32-33H,10-19H2,2-4H3;4*1H4;3*1H2/t22-,23+,24-,27-,28+,29-;;;;;;;/m0......./s1. The van der Waals surface area contributed by atoms with Crippen molar-refractivity contribution in [3.63, 3.8) is 0 Å². The molecule has 1 heterocycles. The summed E-state index contributed by atoms with van der Waals surface area (Å²) < 4.78 is 12.1. The first-order chi connectivity index (χ1) is 16.6. The molecule has 4 aliphatic carbocycles. The third-order valence-corrected chi connectivity index (χ3v) is 10.4. The first-order valence-electron chi connectivity index (χ1n) is 13.3. The van der Waals surface area contributed by atoms with Gasteiger partial charge in [0.05, 0.1) is 18.8 Å². The zero-order valence-corrected chi connectivity index (χ0v) is 25.8. The highest BCUT2D eigenvalue weighted by Crippen LogP contribution is 2.67. The molecule has 2 N–H and O–H groups in total. The Balaban J connectivity index is 0. The second-order valence-corrected chi connectivity index (χ2v) is 12.2. The maximum absolute atomic E-state index is 12.1. The van der Waals surface area contributed by atoms with Gasteiger partial charge in [-0.1, -0.05) is 60.3 Å². The average molecular weight is 644 g/mol. The summed E-state index contributed by atoms with van der Waals surface area (Å²) in [5.41, 5.74) is 2.76. The molecular weight excluding hydrogens is 583 g/mol. The van der Waals surface area contributed by atoms with Crippen LogP contribution in [0.15, 0.2) is 35.4 Å². The van der Waals surface area contributed by atoms with E-state index < -0.39 is 17.0 Å². The summed E-state index contributed by atoms with van der Waals surface area (Å²) in [4.78, 5) is 2.11. The van der Waals surface area contributed by atoms with Crippen LogP contribution >= 0.6 is 40.5 Å². The number of rotatable bonds is 2. The maximum Gasteiger partial charge on any atom is 0.171 e. The number of allylic oxidation sites excluding steroid dienone is 1. The van der Waals surface area contributed by atoms with E-state index in [4.69, 9.17) is 15.9 Å². The Hall–Kier alpha value is -0.790. The van der Waals surface area contributed by atoms with Crippen molar-refractivity contribution < 1.29 is 19.7 Å².